The monoisotopic (exact) mass is 409 g/mol. The minimum atomic E-state index is -0.0103. The first-order valence-corrected chi connectivity index (χ1v) is 10.4. The summed E-state index contributed by atoms with van der Waals surface area (Å²) in [4.78, 5) is 32.5. The van der Waals surface area contributed by atoms with Crippen LogP contribution in [0.1, 0.15) is 36.7 Å². The lowest BCUT2D eigenvalue weighted by molar-refractivity contribution is -0.119. The van der Waals surface area contributed by atoms with Crippen molar-refractivity contribution in [3.05, 3.63) is 65.3 Å². The van der Waals surface area contributed by atoms with Gasteiger partial charge in [-0.1, -0.05) is 36.7 Å². The van der Waals surface area contributed by atoms with Gasteiger partial charge in [-0.05, 0) is 49.2 Å². The highest BCUT2D eigenvalue weighted by Crippen LogP contribution is 2.26. The Morgan fingerprint density at radius 3 is 2.52 bits per heavy atom. The fraction of sp³-hybridized carbons (Fsp3) is 0.304. The lowest BCUT2D eigenvalue weighted by Gasteiger charge is -2.38. The van der Waals surface area contributed by atoms with Crippen molar-refractivity contribution in [2.75, 3.05) is 18.0 Å². The van der Waals surface area contributed by atoms with Crippen molar-refractivity contribution in [2.45, 2.75) is 32.2 Å². The van der Waals surface area contributed by atoms with Crippen molar-refractivity contribution in [3.63, 3.8) is 0 Å². The Kier molecular flexibility index (Phi) is 5.58. The zero-order valence-electron chi connectivity index (χ0n) is 16.4. The minimum absolute atomic E-state index is 0.0103. The number of H-pyrrole nitrogens is 1. The molecule has 0 spiro atoms. The second kappa shape index (κ2) is 8.29. The maximum absolute atomic E-state index is 13.0. The minimum Gasteiger partial charge on any atom is -0.351 e. The summed E-state index contributed by atoms with van der Waals surface area (Å²) >= 11 is 6.05. The molecule has 0 saturated carbocycles. The number of aromatic nitrogens is 1. The van der Waals surface area contributed by atoms with E-state index in [9.17, 15) is 9.59 Å². The molecule has 150 valence electrons. The van der Waals surface area contributed by atoms with Crippen LogP contribution in [-0.4, -0.2) is 40.8 Å². The van der Waals surface area contributed by atoms with Gasteiger partial charge in [0.1, 0.15) is 5.69 Å². The van der Waals surface area contributed by atoms with Gasteiger partial charge in [0.05, 0.1) is 0 Å². The summed E-state index contributed by atoms with van der Waals surface area (Å²) in [5.74, 6) is 0.109. The number of carbonyl (C=O) groups excluding carboxylic acids is 2. The number of benzene rings is 2. The molecule has 5 nitrogen and oxygen atoms in total. The third-order valence-corrected chi connectivity index (χ3v) is 5.77. The second-order valence-electron chi connectivity index (χ2n) is 7.39. The van der Waals surface area contributed by atoms with Crippen LogP contribution in [0.2, 0.25) is 5.02 Å². The number of likely N-dealkylation sites (tertiary alicyclic amines) is 1. The molecule has 1 saturated heterocycles. The van der Waals surface area contributed by atoms with Gasteiger partial charge in [-0.3, -0.25) is 9.59 Å². The van der Waals surface area contributed by atoms with Crippen LogP contribution in [0.5, 0.6) is 0 Å². The first-order valence-electron chi connectivity index (χ1n) is 10.0. The van der Waals surface area contributed by atoms with Crippen LogP contribution in [0.25, 0.3) is 10.9 Å². The Morgan fingerprint density at radius 2 is 1.83 bits per heavy atom. The van der Waals surface area contributed by atoms with Crippen molar-refractivity contribution in [1.82, 2.24) is 9.88 Å². The summed E-state index contributed by atoms with van der Waals surface area (Å²) in [6.45, 7) is 3.14. The van der Waals surface area contributed by atoms with E-state index in [0.717, 1.165) is 29.4 Å². The molecule has 0 aliphatic carbocycles. The number of hydrogen-bond donors (Lipinski definition) is 1. The zero-order valence-corrected chi connectivity index (χ0v) is 17.2. The molecule has 1 aliphatic rings. The van der Waals surface area contributed by atoms with Crippen molar-refractivity contribution in [3.8, 4) is 0 Å². The molecule has 4 rings (SSSR count). The molecule has 29 heavy (non-hydrogen) atoms. The molecular weight excluding hydrogens is 386 g/mol. The van der Waals surface area contributed by atoms with E-state index in [0.29, 0.717) is 30.2 Å². The van der Waals surface area contributed by atoms with Gasteiger partial charge in [-0.2, -0.15) is 0 Å². The average Bonchev–Trinajstić information content (AvgIpc) is 3.17. The quantitative estimate of drug-likeness (QED) is 0.668. The molecule has 1 N–H and O–H groups in total. The number of amides is 2. The van der Waals surface area contributed by atoms with Crippen LogP contribution in [0.4, 0.5) is 5.69 Å². The Bertz CT molecular complexity index is 1020. The van der Waals surface area contributed by atoms with Crippen molar-refractivity contribution in [1.29, 1.82) is 0 Å². The molecule has 1 aromatic heterocycles. The lowest BCUT2D eigenvalue weighted by atomic mass is 10.0. The maximum atomic E-state index is 13.0. The Labute approximate surface area is 175 Å². The molecule has 0 unspecified atom stereocenters. The standard InChI is InChI=1S/C23H24ClN3O2/c1-2-22(28)27(18-6-4-3-5-7-18)19-10-12-26(13-11-19)23(29)21-15-16-14-17(24)8-9-20(16)25-21/h3-9,14-15,19,25H,2,10-13H2,1H3. The smallest absolute Gasteiger partial charge is 0.270 e. The first kappa shape index (κ1) is 19.5. The molecule has 2 amide bonds. The molecule has 1 fully saturated rings. The highest BCUT2D eigenvalue weighted by Gasteiger charge is 2.30. The molecule has 0 bridgehead atoms. The molecular formula is C23H24ClN3O2. The normalized spacial score (nSPS) is 14.9. The number of aromatic amines is 1. The number of carbonyl (C=O) groups is 2. The number of nitrogens with zero attached hydrogens (tertiary/aromatic N) is 2. The van der Waals surface area contributed by atoms with Gasteiger partial charge in [-0.15, -0.1) is 0 Å². The zero-order chi connectivity index (χ0) is 20.4. The number of anilines is 1. The summed E-state index contributed by atoms with van der Waals surface area (Å²) in [7, 11) is 0. The molecule has 6 heteroatoms. The van der Waals surface area contributed by atoms with Crippen LogP contribution in [0, 0.1) is 0 Å². The molecule has 0 radical (unpaired) electrons. The van der Waals surface area contributed by atoms with Gasteiger partial charge in [-0.25, -0.2) is 0 Å². The number of rotatable bonds is 4. The molecule has 2 aromatic carbocycles. The van der Waals surface area contributed by atoms with Gasteiger partial charge >= 0.3 is 0 Å². The number of piperidine rings is 1. The summed E-state index contributed by atoms with van der Waals surface area (Å²) < 4.78 is 0. The van der Waals surface area contributed by atoms with E-state index in [4.69, 9.17) is 11.6 Å². The fourth-order valence-electron chi connectivity index (χ4n) is 4.03. The van der Waals surface area contributed by atoms with Gasteiger partial charge in [0.15, 0.2) is 0 Å². The van der Waals surface area contributed by atoms with Gasteiger partial charge in [0.25, 0.3) is 5.91 Å². The Balaban J connectivity index is 1.47. The van der Waals surface area contributed by atoms with E-state index in [1.165, 1.54) is 0 Å². The van der Waals surface area contributed by atoms with Crippen molar-refractivity contribution >= 4 is 40.0 Å². The lowest BCUT2D eigenvalue weighted by Crippen LogP contribution is -2.49. The van der Waals surface area contributed by atoms with Crippen LogP contribution in [-0.2, 0) is 4.79 Å². The number of nitrogens with one attached hydrogen (secondary N) is 1. The molecule has 3 aromatic rings. The summed E-state index contributed by atoms with van der Waals surface area (Å²) in [5.41, 5.74) is 2.40. The first-order chi connectivity index (χ1) is 14.1. The van der Waals surface area contributed by atoms with Gasteiger partial charge < -0.3 is 14.8 Å². The topological polar surface area (TPSA) is 56.4 Å². The van der Waals surface area contributed by atoms with Crippen LogP contribution >= 0.6 is 11.6 Å². The van der Waals surface area contributed by atoms with E-state index < -0.39 is 0 Å². The number of halogens is 1. The molecule has 2 heterocycles. The highest BCUT2D eigenvalue weighted by atomic mass is 35.5. The van der Waals surface area contributed by atoms with E-state index in [1.54, 1.807) is 0 Å². The summed E-state index contributed by atoms with van der Waals surface area (Å²) in [6.07, 6.45) is 1.99. The number of hydrogen-bond acceptors (Lipinski definition) is 2. The van der Waals surface area contributed by atoms with E-state index >= 15 is 0 Å². The van der Waals surface area contributed by atoms with Crippen LogP contribution in [0.3, 0.4) is 0 Å². The van der Waals surface area contributed by atoms with Gasteiger partial charge in [0.2, 0.25) is 5.91 Å². The number of fused-ring (bicyclic) bond motifs is 1. The largest absolute Gasteiger partial charge is 0.351 e. The number of para-hydroxylation sites is 1. The van der Waals surface area contributed by atoms with Crippen molar-refractivity contribution < 1.29 is 9.59 Å². The van der Waals surface area contributed by atoms with Crippen LogP contribution < -0.4 is 4.90 Å². The second-order valence-corrected chi connectivity index (χ2v) is 7.83. The molecule has 1 aliphatic heterocycles. The Morgan fingerprint density at radius 1 is 1.10 bits per heavy atom. The SMILES string of the molecule is CCC(=O)N(c1ccccc1)C1CCN(C(=O)c2cc3cc(Cl)ccc3[nH]2)CC1. The predicted octanol–water partition coefficient (Wildman–Crippen LogP) is 4.87. The average molecular weight is 410 g/mol. The predicted molar refractivity (Wildman–Crippen MR) is 116 cm³/mol. The Hall–Kier alpha value is -2.79. The third kappa shape index (κ3) is 4.01. The summed E-state index contributed by atoms with van der Waals surface area (Å²) in [5, 5.41) is 1.58. The maximum Gasteiger partial charge on any atom is 0.270 e. The summed E-state index contributed by atoms with van der Waals surface area (Å²) in [6, 6.07) is 17.3. The van der Waals surface area contributed by atoms with E-state index in [2.05, 4.69) is 4.98 Å². The van der Waals surface area contributed by atoms with Gasteiger partial charge in [0, 0.05) is 47.2 Å². The highest BCUT2D eigenvalue weighted by molar-refractivity contribution is 6.31. The van der Waals surface area contributed by atoms with Crippen LogP contribution in [0.15, 0.2) is 54.6 Å². The van der Waals surface area contributed by atoms with Crippen molar-refractivity contribution in [2.24, 2.45) is 0 Å². The fourth-order valence-corrected chi connectivity index (χ4v) is 4.21. The van der Waals surface area contributed by atoms with E-state index in [-0.39, 0.29) is 17.9 Å². The van der Waals surface area contributed by atoms with E-state index in [1.807, 2.05) is 71.3 Å². The third-order valence-electron chi connectivity index (χ3n) is 5.54. The molecule has 0 atom stereocenters.